The van der Waals surface area contributed by atoms with Gasteiger partial charge in [0.15, 0.2) is 0 Å². The zero-order valence-electron chi connectivity index (χ0n) is 10.4. The van der Waals surface area contributed by atoms with Crippen LogP contribution in [0.5, 0.6) is 5.75 Å². The van der Waals surface area contributed by atoms with E-state index in [1.54, 1.807) is 30.2 Å². The van der Waals surface area contributed by atoms with Gasteiger partial charge in [-0.2, -0.15) is 0 Å². The van der Waals surface area contributed by atoms with Gasteiger partial charge in [-0.15, -0.1) is 6.58 Å². The van der Waals surface area contributed by atoms with E-state index in [1.807, 2.05) is 6.07 Å². The Morgan fingerprint density at radius 1 is 1.61 bits per heavy atom. The van der Waals surface area contributed by atoms with E-state index >= 15 is 0 Å². The van der Waals surface area contributed by atoms with E-state index in [0.717, 1.165) is 5.56 Å². The van der Waals surface area contributed by atoms with Crippen LogP contribution >= 0.6 is 11.6 Å². The van der Waals surface area contributed by atoms with E-state index in [-0.39, 0.29) is 12.5 Å². The molecule has 4 nitrogen and oxygen atoms in total. The maximum absolute atomic E-state index is 11.6. The fourth-order valence-corrected chi connectivity index (χ4v) is 1.85. The Hall–Kier alpha value is -1.52. The van der Waals surface area contributed by atoms with E-state index in [2.05, 4.69) is 6.58 Å². The van der Waals surface area contributed by atoms with Gasteiger partial charge in [0.2, 0.25) is 5.91 Å². The molecule has 0 fully saturated rings. The van der Waals surface area contributed by atoms with Crippen molar-refractivity contribution >= 4 is 17.5 Å². The average Bonchev–Trinajstić information content (AvgIpc) is 2.37. The van der Waals surface area contributed by atoms with Crippen molar-refractivity contribution in [2.24, 2.45) is 5.73 Å². The standard InChI is InChI=1S/C13H17ClN2O2/c1-3-6-16(13(17)8-15)9-10-4-5-12(18-2)11(14)7-10/h3-5,7H,1,6,8-9,15H2,2H3. The predicted molar refractivity (Wildman–Crippen MR) is 72.7 cm³/mol. The lowest BCUT2D eigenvalue weighted by Gasteiger charge is -2.20. The summed E-state index contributed by atoms with van der Waals surface area (Å²) in [5.74, 6) is 0.489. The summed E-state index contributed by atoms with van der Waals surface area (Å²) in [6.45, 7) is 4.52. The van der Waals surface area contributed by atoms with Gasteiger partial charge in [-0.25, -0.2) is 0 Å². The highest BCUT2D eigenvalue weighted by atomic mass is 35.5. The number of nitrogens with two attached hydrogens (primary N) is 1. The highest BCUT2D eigenvalue weighted by Crippen LogP contribution is 2.25. The minimum atomic E-state index is -0.123. The molecule has 0 heterocycles. The summed E-state index contributed by atoms with van der Waals surface area (Å²) in [6.07, 6.45) is 1.67. The average molecular weight is 269 g/mol. The van der Waals surface area contributed by atoms with Gasteiger partial charge in [0.1, 0.15) is 5.75 Å². The fraction of sp³-hybridized carbons (Fsp3) is 0.308. The first-order valence-electron chi connectivity index (χ1n) is 5.53. The summed E-state index contributed by atoms with van der Waals surface area (Å²) in [4.78, 5) is 13.2. The predicted octanol–water partition coefficient (Wildman–Crippen LogP) is 1.82. The molecule has 0 aliphatic rings. The van der Waals surface area contributed by atoms with Gasteiger partial charge in [0, 0.05) is 13.1 Å². The van der Waals surface area contributed by atoms with Gasteiger partial charge < -0.3 is 15.4 Å². The maximum Gasteiger partial charge on any atom is 0.236 e. The number of hydrogen-bond acceptors (Lipinski definition) is 3. The second kappa shape index (κ2) is 7.03. The van der Waals surface area contributed by atoms with E-state index in [1.165, 1.54) is 0 Å². The van der Waals surface area contributed by atoms with Crippen LogP contribution in [0.2, 0.25) is 5.02 Å². The summed E-state index contributed by atoms with van der Waals surface area (Å²) in [6, 6.07) is 5.42. The highest BCUT2D eigenvalue weighted by molar-refractivity contribution is 6.32. The Labute approximate surface area is 112 Å². The molecule has 2 N–H and O–H groups in total. The molecule has 0 aromatic heterocycles. The Balaban J connectivity index is 2.83. The second-order valence-electron chi connectivity index (χ2n) is 3.74. The van der Waals surface area contributed by atoms with Crippen LogP contribution in [-0.4, -0.2) is 31.0 Å². The molecule has 0 unspecified atom stereocenters. The van der Waals surface area contributed by atoms with Crippen LogP contribution < -0.4 is 10.5 Å². The van der Waals surface area contributed by atoms with Crippen molar-refractivity contribution in [2.45, 2.75) is 6.54 Å². The molecule has 0 spiro atoms. The lowest BCUT2D eigenvalue weighted by Crippen LogP contribution is -2.35. The Bertz CT molecular complexity index is 435. The minimum Gasteiger partial charge on any atom is -0.495 e. The molecule has 1 amide bonds. The minimum absolute atomic E-state index is 0.0161. The quantitative estimate of drug-likeness (QED) is 0.801. The molecule has 0 saturated carbocycles. The number of rotatable bonds is 6. The van der Waals surface area contributed by atoms with Gasteiger partial charge in [-0.3, -0.25) is 4.79 Å². The molecular weight excluding hydrogens is 252 g/mol. The number of ether oxygens (including phenoxy) is 1. The largest absolute Gasteiger partial charge is 0.495 e. The van der Waals surface area contributed by atoms with Crippen LogP contribution in [0.1, 0.15) is 5.56 Å². The SMILES string of the molecule is C=CCN(Cc1ccc(OC)c(Cl)c1)C(=O)CN. The number of amides is 1. The molecule has 0 bridgehead atoms. The van der Waals surface area contributed by atoms with Crippen molar-refractivity contribution in [1.82, 2.24) is 4.90 Å². The van der Waals surface area contributed by atoms with Crippen LogP contribution in [0, 0.1) is 0 Å². The molecule has 5 heteroatoms. The van der Waals surface area contributed by atoms with Gasteiger partial charge in [0.25, 0.3) is 0 Å². The van der Waals surface area contributed by atoms with Crippen LogP contribution in [-0.2, 0) is 11.3 Å². The third-order valence-electron chi connectivity index (χ3n) is 2.47. The Kier molecular flexibility index (Phi) is 5.68. The third kappa shape index (κ3) is 3.75. The van der Waals surface area contributed by atoms with Crippen molar-refractivity contribution in [3.8, 4) is 5.75 Å². The van der Waals surface area contributed by atoms with E-state index in [0.29, 0.717) is 23.9 Å². The van der Waals surface area contributed by atoms with Crippen molar-refractivity contribution in [1.29, 1.82) is 0 Å². The van der Waals surface area contributed by atoms with Crippen molar-refractivity contribution in [2.75, 3.05) is 20.2 Å². The topological polar surface area (TPSA) is 55.6 Å². The van der Waals surface area contributed by atoms with Crippen LogP contribution in [0.4, 0.5) is 0 Å². The normalized spacial score (nSPS) is 9.94. The fourth-order valence-electron chi connectivity index (χ4n) is 1.57. The number of nitrogens with zero attached hydrogens (tertiary/aromatic N) is 1. The molecule has 1 aromatic carbocycles. The molecule has 0 aliphatic heterocycles. The van der Waals surface area contributed by atoms with Gasteiger partial charge in [0.05, 0.1) is 18.7 Å². The lowest BCUT2D eigenvalue weighted by atomic mass is 10.2. The summed E-state index contributed by atoms with van der Waals surface area (Å²) in [7, 11) is 1.56. The monoisotopic (exact) mass is 268 g/mol. The number of halogens is 1. The smallest absolute Gasteiger partial charge is 0.236 e. The zero-order chi connectivity index (χ0) is 13.5. The highest BCUT2D eigenvalue weighted by Gasteiger charge is 2.11. The first kappa shape index (κ1) is 14.5. The van der Waals surface area contributed by atoms with E-state index in [4.69, 9.17) is 22.1 Å². The van der Waals surface area contributed by atoms with Crippen LogP contribution in [0.15, 0.2) is 30.9 Å². The molecule has 1 rings (SSSR count). The Morgan fingerprint density at radius 2 is 2.33 bits per heavy atom. The third-order valence-corrected chi connectivity index (χ3v) is 2.76. The van der Waals surface area contributed by atoms with Gasteiger partial charge in [-0.05, 0) is 17.7 Å². The molecule has 0 atom stereocenters. The summed E-state index contributed by atoms with van der Waals surface area (Å²) in [5, 5.41) is 0.522. The van der Waals surface area contributed by atoms with Crippen molar-refractivity contribution in [3.63, 3.8) is 0 Å². The lowest BCUT2D eigenvalue weighted by molar-refractivity contribution is -0.129. The summed E-state index contributed by atoms with van der Waals surface area (Å²) < 4.78 is 5.07. The zero-order valence-corrected chi connectivity index (χ0v) is 11.1. The molecule has 0 saturated heterocycles. The molecule has 98 valence electrons. The van der Waals surface area contributed by atoms with E-state index in [9.17, 15) is 4.79 Å². The van der Waals surface area contributed by atoms with Crippen LogP contribution in [0.25, 0.3) is 0 Å². The molecule has 18 heavy (non-hydrogen) atoms. The number of methoxy groups -OCH3 is 1. The molecule has 0 aliphatic carbocycles. The van der Waals surface area contributed by atoms with Gasteiger partial charge >= 0.3 is 0 Å². The number of carbonyl (C=O) groups is 1. The van der Waals surface area contributed by atoms with Crippen molar-refractivity contribution in [3.05, 3.63) is 41.4 Å². The maximum atomic E-state index is 11.6. The van der Waals surface area contributed by atoms with Crippen molar-refractivity contribution < 1.29 is 9.53 Å². The number of benzene rings is 1. The van der Waals surface area contributed by atoms with E-state index < -0.39 is 0 Å². The number of hydrogen-bond donors (Lipinski definition) is 1. The Morgan fingerprint density at radius 3 is 2.83 bits per heavy atom. The summed E-state index contributed by atoms with van der Waals surface area (Å²) >= 11 is 6.03. The molecule has 0 radical (unpaired) electrons. The second-order valence-corrected chi connectivity index (χ2v) is 4.14. The number of carbonyl (C=O) groups excluding carboxylic acids is 1. The van der Waals surface area contributed by atoms with Crippen LogP contribution in [0.3, 0.4) is 0 Å². The van der Waals surface area contributed by atoms with Gasteiger partial charge in [-0.1, -0.05) is 23.7 Å². The summed E-state index contributed by atoms with van der Waals surface area (Å²) in [5.41, 5.74) is 6.28. The molecular formula is C13H17ClN2O2. The first-order valence-corrected chi connectivity index (χ1v) is 5.91. The molecule has 1 aromatic rings. The first-order chi connectivity index (χ1) is 8.62.